The van der Waals surface area contributed by atoms with Crippen LogP contribution in [0.3, 0.4) is 0 Å². The Morgan fingerprint density at radius 2 is 1.71 bits per heavy atom. The minimum atomic E-state index is -0.837. The predicted octanol–water partition coefficient (Wildman–Crippen LogP) is -0.636. The Kier molecular flexibility index (Phi) is 3.93. The maximum Gasteiger partial charge on any atom is 0.138 e. The van der Waals surface area contributed by atoms with Crippen molar-refractivity contribution in [1.82, 2.24) is 0 Å². The molecule has 0 radical (unpaired) electrons. The molecule has 3 heteroatoms. The van der Waals surface area contributed by atoms with Crippen molar-refractivity contribution in [1.29, 1.82) is 0 Å². The summed E-state index contributed by atoms with van der Waals surface area (Å²) in [5.74, 6) is -0.837. The van der Waals surface area contributed by atoms with E-state index in [0.717, 1.165) is 38.8 Å². The molecule has 0 saturated heterocycles. The zero-order chi connectivity index (χ0) is 10.6. The van der Waals surface area contributed by atoms with E-state index in [-0.39, 0.29) is 0 Å². The summed E-state index contributed by atoms with van der Waals surface area (Å²) in [6.45, 7) is 5.87. The van der Waals surface area contributed by atoms with E-state index in [9.17, 15) is 9.90 Å². The summed E-state index contributed by atoms with van der Waals surface area (Å²) >= 11 is 0. The lowest BCUT2D eigenvalue weighted by molar-refractivity contribution is -0.943. The minimum absolute atomic E-state index is 0.582. The monoisotopic (exact) mass is 199 g/mol. The van der Waals surface area contributed by atoms with Crippen LogP contribution >= 0.6 is 0 Å². The van der Waals surface area contributed by atoms with Gasteiger partial charge in [-0.05, 0) is 26.7 Å². The molecule has 1 aliphatic rings. The summed E-state index contributed by atoms with van der Waals surface area (Å²) in [5.41, 5.74) is -0.582. The van der Waals surface area contributed by atoms with E-state index in [1.807, 2.05) is 0 Å². The first kappa shape index (κ1) is 11.5. The molecule has 0 aromatic heterocycles. The fourth-order valence-corrected chi connectivity index (χ4v) is 2.78. The molecule has 3 nitrogen and oxygen atoms in total. The van der Waals surface area contributed by atoms with Gasteiger partial charge in [0, 0.05) is 12.8 Å². The summed E-state index contributed by atoms with van der Waals surface area (Å²) in [4.78, 5) is 12.5. The van der Waals surface area contributed by atoms with Crippen LogP contribution in [0.1, 0.15) is 46.0 Å². The number of carboxylic acid groups (broad SMARTS) is 1. The number of likely N-dealkylation sites (N-methyl/N-ethyl adjacent to an activating group) is 1. The maximum absolute atomic E-state index is 11.3. The van der Waals surface area contributed by atoms with E-state index in [4.69, 9.17) is 0 Å². The summed E-state index contributed by atoms with van der Waals surface area (Å²) in [5, 5.41) is 11.3. The van der Waals surface area contributed by atoms with Gasteiger partial charge in [-0.2, -0.15) is 0 Å². The van der Waals surface area contributed by atoms with Gasteiger partial charge in [-0.25, -0.2) is 0 Å². The molecule has 1 rings (SSSR count). The zero-order valence-corrected chi connectivity index (χ0v) is 9.27. The Hall–Kier alpha value is -0.570. The number of hydrogen-bond donors (Lipinski definition) is 1. The number of hydrogen-bond acceptors (Lipinski definition) is 2. The largest absolute Gasteiger partial charge is 0.544 e. The Morgan fingerprint density at radius 1 is 1.21 bits per heavy atom. The third-order valence-corrected chi connectivity index (χ3v) is 3.63. The van der Waals surface area contributed by atoms with E-state index >= 15 is 0 Å². The van der Waals surface area contributed by atoms with Gasteiger partial charge in [0.15, 0.2) is 0 Å². The van der Waals surface area contributed by atoms with Crippen molar-refractivity contribution < 1.29 is 14.8 Å². The molecule has 0 aliphatic heterocycles. The molecule has 82 valence electrons. The van der Waals surface area contributed by atoms with Crippen LogP contribution < -0.4 is 10.0 Å². The number of quaternary nitrogens is 1. The lowest BCUT2D eigenvalue weighted by Crippen LogP contribution is -3.21. The Bertz CT molecular complexity index is 193. The molecule has 0 amide bonds. The van der Waals surface area contributed by atoms with Crippen LogP contribution in [0.4, 0.5) is 0 Å². The van der Waals surface area contributed by atoms with Gasteiger partial charge in [-0.1, -0.05) is 6.42 Å². The van der Waals surface area contributed by atoms with Crippen molar-refractivity contribution in [2.75, 3.05) is 13.1 Å². The van der Waals surface area contributed by atoms with Crippen molar-refractivity contribution in [3.63, 3.8) is 0 Å². The minimum Gasteiger partial charge on any atom is -0.544 e. The first-order valence-corrected chi connectivity index (χ1v) is 5.74. The first-order valence-electron chi connectivity index (χ1n) is 5.74. The molecule has 0 aromatic rings. The normalized spacial score (nSPS) is 21.1. The first-order chi connectivity index (χ1) is 6.67. The van der Waals surface area contributed by atoms with E-state index in [2.05, 4.69) is 13.8 Å². The number of carbonyl (C=O) groups excluding carboxylic acids is 1. The fraction of sp³-hybridized carbons (Fsp3) is 0.909. The number of nitrogens with one attached hydrogen (secondary N) is 1. The average molecular weight is 199 g/mol. The lowest BCUT2D eigenvalue weighted by Gasteiger charge is -2.43. The molecule has 1 fully saturated rings. The molecule has 0 heterocycles. The second-order valence-corrected chi connectivity index (χ2v) is 4.24. The summed E-state index contributed by atoms with van der Waals surface area (Å²) in [6, 6.07) is 0. The van der Waals surface area contributed by atoms with Crippen LogP contribution in [0.15, 0.2) is 0 Å². The standard InChI is InChI=1S/C11H21NO2/c1-3-12(4-2)11(10(13)14)8-6-5-7-9-11/h3-9H2,1-2H3,(H,13,14). The van der Waals surface area contributed by atoms with Gasteiger partial charge < -0.3 is 14.8 Å². The average Bonchev–Trinajstić information content (AvgIpc) is 2.21. The van der Waals surface area contributed by atoms with Gasteiger partial charge in [0.25, 0.3) is 0 Å². The molecule has 0 spiro atoms. The molecule has 1 saturated carbocycles. The molecule has 14 heavy (non-hydrogen) atoms. The molecule has 1 N–H and O–H groups in total. The second-order valence-electron chi connectivity index (χ2n) is 4.24. The Morgan fingerprint density at radius 3 is 2.07 bits per heavy atom. The van der Waals surface area contributed by atoms with Crippen molar-refractivity contribution in [2.24, 2.45) is 0 Å². The highest BCUT2D eigenvalue weighted by atomic mass is 16.4. The number of carbonyl (C=O) groups is 1. The number of rotatable bonds is 4. The van der Waals surface area contributed by atoms with Crippen LogP contribution in [0.2, 0.25) is 0 Å². The van der Waals surface area contributed by atoms with Gasteiger partial charge in [-0.3, -0.25) is 0 Å². The highest BCUT2D eigenvalue weighted by molar-refractivity contribution is 5.74. The van der Waals surface area contributed by atoms with Gasteiger partial charge in [0.1, 0.15) is 11.5 Å². The van der Waals surface area contributed by atoms with Crippen molar-refractivity contribution in [2.45, 2.75) is 51.5 Å². The van der Waals surface area contributed by atoms with Gasteiger partial charge in [0.05, 0.1) is 13.1 Å². The van der Waals surface area contributed by atoms with Crippen LogP contribution in [-0.4, -0.2) is 24.6 Å². The highest BCUT2D eigenvalue weighted by Gasteiger charge is 2.41. The second kappa shape index (κ2) is 4.78. The van der Waals surface area contributed by atoms with Crippen LogP contribution in [0.5, 0.6) is 0 Å². The van der Waals surface area contributed by atoms with Gasteiger partial charge in [-0.15, -0.1) is 0 Å². The van der Waals surface area contributed by atoms with Crippen molar-refractivity contribution >= 4 is 5.97 Å². The summed E-state index contributed by atoms with van der Waals surface area (Å²) in [7, 11) is 0. The van der Waals surface area contributed by atoms with Crippen molar-refractivity contribution in [3.8, 4) is 0 Å². The SMILES string of the molecule is CC[NH+](CC)C1(C(=O)[O-])CCCCC1. The molecule has 0 unspecified atom stereocenters. The molecular weight excluding hydrogens is 178 g/mol. The molecule has 0 aromatic carbocycles. The molecule has 1 aliphatic carbocycles. The summed E-state index contributed by atoms with van der Waals surface area (Å²) < 4.78 is 0. The smallest absolute Gasteiger partial charge is 0.138 e. The fourth-order valence-electron chi connectivity index (χ4n) is 2.78. The quantitative estimate of drug-likeness (QED) is 0.655. The zero-order valence-electron chi connectivity index (χ0n) is 9.27. The van der Waals surface area contributed by atoms with Gasteiger partial charge >= 0.3 is 0 Å². The van der Waals surface area contributed by atoms with E-state index in [0.29, 0.717) is 0 Å². The summed E-state index contributed by atoms with van der Waals surface area (Å²) in [6.07, 6.45) is 4.85. The third kappa shape index (κ3) is 1.92. The van der Waals surface area contributed by atoms with Crippen LogP contribution in [0, 0.1) is 0 Å². The van der Waals surface area contributed by atoms with Crippen LogP contribution in [-0.2, 0) is 4.79 Å². The van der Waals surface area contributed by atoms with Crippen molar-refractivity contribution in [3.05, 3.63) is 0 Å². The van der Waals surface area contributed by atoms with Crippen LogP contribution in [0.25, 0.3) is 0 Å². The van der Waals surface area contributed by atoms with E-state index in [1.54, 1.807) is 0 Å². The lowest BCUT2D eigenvalue weighted by atomic mass is 9.80. The maximum atomic E-state index is 11.3. The topological polar surface area (TPSA) is 44.6 Å². The van der Waals surface area contributed by atoms with E-state index < -0.39 is 11.5 Å². The van der Waals surface area contributed by atoms with E-state index in [1.165, 1.54) is 11.3 Å². The highest BCUT2D eigenvalue weighted by Crippen LogP contribution is 2.25. The Labute approximate surface area is 86.1 Å². The number of carboxylic acids is 1. The predicted molar refractivity (Wildman–Crippen MR) is 52.9 cm³/mol. The number of aliphatic carboxylic acids is 1. The molecule has 0 atom stereocenters. The molecular formula is C11H21NO2. The molecule has 0 bridgehead atoms. The third-order valence-electron chi connectivity index (χ3n) is 3.63. The Balaban J connectivity index is 2.83. The van der Waals surface area contributed by atoms with Gasteiger partial charge in [0.2, 0.25) is 0 Å².